The van der Waals surface area contributed by atoms with E-state index in [1.54, 1.807) is 37.4 Å². The maximum Gasteiger partial charge on any atom is 0.256 e. The molecule has 0 aromatic heterocycles. The molecule has 2 amide bonds. The number of ether oxygens (including phenoxy) is 3. The number of piperazine rings is 1. The van der Waals surface area contributed by atoms with Crippen molar-refractivity contribution in [3.8, 4) is 17.2 Å². The molecule has 0 saturated carbocycles. The number of hydrogen-bond acceptors (Lipinski definition) is 8. The molecular weight excluding hydrogens is 638 g/mol. The van der Waals surface area contributed by atoms with Crippen LogP contribution in [0.4, 0.5) is 17.1 Å². The summed E-state index contributed by atoms with van der Waals surface area (Å²) in [6.45, 7) is 7.76. The summed E-state index contributed by atoms with van der Waals surface area (Å²) in [4.78, 5) is 35.3. The Balaban J connectivity index is 1.22. The van der Waals surface area contributed by atoms with Crippen LogP contribution in [0, 0.1) is 0 Å². The van der Waals surface area contributed by atoms with Gasteiger partial charge in [0, 0.05) is 44.1 Å². The normalized spacial score (nSPS) is 16.9. The maximum atomic E-state index is 13.9. The molecule has 1 atom stereocenters. The molecule has 0 aliphatic carbocycles. The molecule has 0 unspecified atom stereocenters. The van der Waals surface area contributed by atoms with E-state index in [2.05, 4.69) is 27.2 Å². The molecular formula is C35H42ClN5O5S. The van der Waals surface area contributed by atoms with Crippen molar-refractivity contribution in [1.82, 2.24) is 9.80 Å². The SMILES string of the molecule is CCCOc1ccc(NC(=O)C[C@@H]2C(=O)N(c3ccc(OC)c(Cl)c3)C(=S)N2CCCN2CCN(c3ccc(OC)cc3)CC2)cc1. The number of anilines is 3. The van der Waals surface area contributed by atoms with E-state index in [-0.39, 0.29) is 18.2 Å². The van der Waals surface area contributed by atoms with Gasteiger partial charge in [-0.3, -0.25) is 19.4 Å². The summed E-state index contributed by atoms with van der Waals surface area (Å²) in [7, 11) is 3.21. The minimum absolute atomic E-state index is 0.0476. The van der Waals surface area contributed by atoms with Gasteiger partial charge in [-0.05, 0) is 98.3 Å². The average molecular weight is 680 g/mol. The average Bonchev–Trinajstić information content (AvgIpc) is 3.32. The van der Waals surface area contributed by atoms with Crippen molar-refractivity contribution >= 4 is 57.8 Å². The van der Waals surface area contributed by atoms with E-state index < -0.39 is 6.04 Å². The predicted octanol–water partition coefficient (Wildman–Crippen LogP) is 5.69. The van der Waals surface area contributed by atoms with Crippen LogP contribution in [-0.4, -0.2) is 92.9 Å². The Hall–Kier alpha value is -4.06. The summed E-state index contributed by atoms with van der Waals surface area (Å²) in [5.74, 6) is 1.55. The van der Waals surface area contributed by atoms with Gasteiger partial charge in [0.25, 0.3) is 5.91 Å². The smallest absolute Gasteiger partial charge is 0.256 e. The van der Waals surface area contributed by atoms with Gasteiger partial charge in [-0.2, -0.15) is 0 Å². The third-order valence-electron chi connectivity index (χ3n) is 8.39. The first-order valence-corrected chi connectivity index (χ1v) is 16.7. The number of hydrogen-bond donors (Lipinski definition) is 1. The van der Waals surface area contributed by atoms with Crippen LogP contribution in [0.3, 0.4) is 0 Å². The Bertz CT molecular complexity index is 1530. The Morgan fingerprint density at radius 2 is 1.60 bits per heavy atom. The third kappa shape index (κ3) is 8.46. The molecule has 2 heterocycles. The van der Waals surface area contributed by atoms with Crippen LogP contribution in [0.2, 0.25) is 5.02 Å². The van der Waals surface area contributed by atoms with Crippen molar-refractivity contribution in [1.29, 1.82) is 0 Å². The number of halogens is 1. The monoisotopic (exact) mass is 679 g/mol. The number of benzene rings is 3. The first-order chi connectivity index (χ1) is 22.8. The fourth-order valence-electron chi connectivity index (χ4n) is 5.85. The van der Waals surface area contributed by atoms with E-state index in [9.17, 15) is 9.59 Å². The molecule has 0 radical (unpaired) electrons. The zero-order valence-corrected chi connectivity index (χ0v) is 28.7. The zero-order valence-electron chi connectivity index (χ0n) is 27.1. The Morgan fingerprint density at radius 1 is 0.915 bits per heavy atom. The van der Waals surface area contributed by atoms with Crippen molar-refractivity contribution in [2.75, 3.05) is 75.2 Å². The number of carbonyl (C=O) groups is 2. The van der Waals surface area contributed by atoms with Crippen LogP contribution in [0.5, 0.6) is 17.2 Å². The van der Waals surface area contributed by atoms with E-state index >= 15 is 0 Å². The molecule has 5 rings (SSSR count). The van der Waals surface area contributed by atoms with Crippen molar-refractivity contribution in [3.05, 3.63) is 71.8 Å². The Morgan fingerprint density at radius 3 is 2.23 bits per heavy atom. The highest BCUT2D eigenvalue weighted by Crippen LogP contribution is 2.33. The molecule has 3 aromatic carbocycles. The van der Waals surface area contributed by atoms with Gasteiger partial charge < -0.3 is 29.3 Å². The van der Waals surface area contributed by atoms with Gasteiger partial charge in [-0.25, -0.2) is 0 Å². The van der Waals surface area contributed by atoms with Crippen molar-refractivity contribution in [2.45, 2.75) is 32.2 Å². The lowest BCUT2D eigenvalue weighted by molar-refractivity contribution is -0.124. The molecule has 12 heteroatoms. The number of thiocarbonyl (C=S) groups is 1. The van der Waals surface area contributed by atoms with E-state index in [0.29, 0.717) is 40.4 Å². The quantitative estimate of drug-likeness (QED) is 0.216. The maximum absolute atomic E-state index is 13.9. The van der Waals surface area contributed by atoms with Crippen molar-refractivity contribution in [2.24, 2.45) is 0 Å². The molecule has 1 N–H and O–H groups in total. The van der Waals surface area contributed by atoms with Gasteiger partial charge >= 0.3 is 0 Å². The van der Waals surface area contributed by atoms with Crippen LogP contribution >= 0.6 is 23.8 Å². The highest BCUT2D eigenvalue weighted by molar-refractivity contribution is 7.80. The highest BCUT2D eigenvalue weighted by Gasteiger charge is 2.44. The van der Waals surface area contributed by atoms with E-state index in [1.165, 1.54) is 17.7 Å². The zero-order chi connectivity index (χ0) is 33.3. The minimum Gasteiger partial charge on any atom is -0.497 e. The van der Waals surface area contributed by atoms with Gasteiger partial charge in [0.05, 0.1) is 38.0 Å². The summed E-state index contributed by atoms with van der Waals surface area (Å²) >= 11 is 12.3. The van der Waals surface area contributed by atoms with Crippen LogP contribution < -0.4 is 29.3 Å². The first-order valence-electron chi connectivity index (χ1n) is 15.9. The van der Waals surface area contributed by atoms with Crippen LogP contribution in [0.25, 0.3) is 0 Å². The lowest BCUT2D eigenvalue weighted by Gasteiger charge is -2.36. The van der Waals surface area contributed by atoms with Gasteiger partial charge in [0.1, 0.15) is 23.3 Å². The topological polar surface area (TPSA) is 86.8 Å². The van der Waals surface area contributed by atoms with Crippen molar-refractivity contribution in [3.63, 3.8) is 0 Å². The lowest BCUT2D eigenvalue weighted by atomic mass is 10.1. The summed E-state index contributed by atoms with van der Waals surface area (Å²) in [6, 6.07) is 19.8. The lowest BCUT2D eigenvalue weighted by Crippen LogP contribution is -2.47. The number of methoxy groups -OCH3 is 2. The molecule has 47 heavy (non-hydrogen) atoms. The second-order valence-corrected chi connectivity index (χ2v) is 12.3. The van der Waals surface area contributed by atoms with E-state index in [4.69, 9.17) is 38.0 Å². The van der Waals surface area contributed by atoms with Crippen molar-refractivity contribution < 1.29 is 23.8 Å². The summed E-state index contributed by atoms with van der Waals surface area (Å²) in [6.07, 6.45) is 1.64. The van der Waals surface area contributed by atoms with Gasteiger partial charge in [-0.1, -0.05) is 18.5 Å². The Labute approximate surface area is 287 Å². The number of nitrogens with zero attached hydrogens (tertiary/aromatic N) is 4. The fourth-order valence-corrected chi connectivity index (χ4v) is 6.51. The van der Waals surface area contributed by atoms with Crippen LogP contribution in [0.15, 0.2) is 66.7 Å². The van der Waals surface area contributed by atoms with E-state index in [1.807, 2.05) is 36.1 Å². The molecule has 2 aliphatic rings. The van der Waals surface area contributed by atoms with E-state index in [0.717, 1.165) is 57.1 Å². The minimum atomic E-state index is -0.748. The summed E-state index contributed by atoms with van der Waals surface area (Å²) < 4.78 is 16.2. The molecule has 2 fully saturated rings. The molecule has 0 bridgehead atoms. The fraction of sp³-hybridized carbons (Fsp3) is 0.400. The standard InChI is InChI=1S/C35H42ClN5O5S/c1-4-22-46-29-11-6-25(7-12-29)37-33(42)24-31-34(43)41(27-10-15-32(45-3)30(36)23-27)35(47)40(31)17-5-16-38-18-20-39(21-19-38)26-8-13-28(44-2)14-9-26/h6-15,23,31H,4-5,16-22,24H2,1-3H3,(H,37,42)/t31-/m1/s1. The second-order valence-electron chi connectivity index (χ2n) is 11.5. The number of rotatable bonds is 14. The molecule has 2 aliphatic heterocycles. The van der Waals surface area contributed by atoms with Crippen LogP contribution in [-0.2, 0) is 9.59 Å². The molecule has 10 nitrogen and oxygen atoms in total. The number of carbonyl (C=O) groups excluding carboxylic acids is 2. The largest absolute Gasteiger partial charge is 0.497 e. The van der Waals surface area contributed by atoms with Crippen LogP contribution in [0.1, 0.15) is 26.2 Å². The molecule has 250 valence electrons. The third-order valence-corrected chi connectivity index (χ3v) is 9.10. The number of nitrogens with one attached hydrogen (secondary N) is 1. The Kier molecular flexibility index (Phi) is 11.8. The highest BCUT2D eigenvalue weighted by atomic mass is 35.5. The molecule has 0 spiro atoms. The van der Waals surface area contributed by atoms with Gasteiger partial charge in [0.15, 0.2) is 5.11 Å². The van der Waals surface area contributed by atoms with Gasteiger partial charge in [-0.15, -0.1) is 0 Å². The first kappa shape index (κ1) is 34.3. The second kappa shape index (κ2) is 16.2. The summed E-state index contributed by atoms with van der Waals surface area (Å²) in [5.41, 5.74) is 2.36. The van der Waals surface area contributed by atoms with Gasteiger partial charge in [0.2, 0.25) is 5.91 Å². The predicted molar refractivity (Wildman–Crippen MR) is 190 cm³/mol. The number of amides is 2. The molecule has 3 aromatic rings. The summed E-state index contributed by atoms with van der Waals surface area (Å²) in [5, 5.41) is 3.65. The molecule has 2 saturated heterocycles.